The summed E-state index contributed by atoms with van der Waals surface area (Å²) in [5, 5.41) is 12.4. The topological polar surface area (TPSA) is 66.4 Å². The second-order valence-corrected chi connectivity index (χ2v) is 6.01. The van der Waals surface area contributed by atoms with E-state index in [1.807, 2.05) is 18.2 Å². The fourth-order valence-electron chi connectivity index (χ4n) is 2.36. The normalized spacial score (nSPS) is 22.4. The largest absolute Gasteiger partial charge is 0.480 e. The van der Waals surface area contributed by atoms with Crippen LogP contribution in [0, 0.1) is 11.8 Å². The molecule has 1 amide bonds. The van der Waals surface area contributed by atoms with Gasteiger partial charge in [-0.25, -0.2) is 4.79 Å². The first kappa shape index (κ1) is 14.9. The summed E-state index contributed by atoms with van der Waals surface area (Å²) in [4.78, 5) is 23.2. The lowest BCUT2D eigenvalue weighted by Crippen LogP contribution is -2.45. The van der Waals surface area contributed by atoms with Gasteiger partial charge in [-0.2, -0.15) is 0 Å². The number of carbonyl (C=O) groups excluding carboxylic acids is 1. The molecule has 1 aliphatic rings. The molecule has 5 heteroatoms. The minimum atomic E-state index is -0.992. The molecule has 0 radical (unpaired) electrons. The number of benzene rings is 1. The van der Waals surface area contributed by atoms with E-state index in [-0.39, 0.29) is 23.7 Å². The molecule has 2 N–H and O–H groups in total. The molecule has 1 aromatic rings. The van der Waals surface area contributed by atoms with E-state index in [2.05, 4.69) is 5.32 Å². The summed E-state index contributed by atoms with van der Waals surface area (Å²) in [6, 6.07) is 6.63. The summed E-state index contributed by atoms with van der Waals surface area (Å²) in [7, 11) is 0. The van der Waals surface area contributed by atoms with Gasteiger partial charge in [0, 0.05) is 10.9 Å². The minimum Gasteiger partial charge on any atom is -0.480 e. The number of amides is 1. The van der Waals surface area contributed by atoms with E-state index in [0.717, 1.165) is 12.0 Å². The van der Waals surface area contributed by atoms with E-state index >= 15 is 0 Å². The number of aliphatic carboxylic acids is 1. The van der Waals surface area contributed by atoms with Crippen LogP contribution in [0.2, 0.25) is 5.02 Å². The van der Waals surface area contributed by atoms with Gasteiger partial charge in [0.05, 0.1) is 0 Å². The molecule has 0 aromatic heterocycles. The first-order valence-electron chi connectivity index (χ1n) is 6.68. The average Bonchev–Trinajstić information content (AvgIpc) is 3.15. The monoisotopic (exact) mass is 295 g/mol. The van der Waals surface area contributed by atoms with Crippen molar-refractivity contribution in [3.05, 3.63) is 34.9 Å². The Morgan fingerprint density at radius 1 is 1.40 bits per heavy atom. The van der Waals surface area contributed by atoms with Crippen molar-refractivity contribution in [2.75, 3.05) is 0 Å². The van der Waals surface area contributed by atoms with Crippen molar-refractivity contribution in [1.82, 2.24) is 5.32 Å². The second-order valence-electron chi connectivity index (χ2n) is 5.57. The quantitative estimate of drug-likeness (QED) is 0.877. The van der Waals surface area contributed by atoms with Crippen LogP contribution in [0.4, 0.5) is 0 Å². The van der Waals surface area contributed by atoms with Crippen LogP contribution < -0.4 is 5.32 Å². The lowest BCUT2D eigenvalue weighted by atomic mass is 10.0. The Morgan fingerprint density at radius 2 is 2.10 bits per heavy atom. The van der Waals surface area contributed by atoms with E-state index < -0.39 is 12.0 Å². The zero-order valence-corrected chi connectivity index (χ0v) is 12.2. The van der Waals surface area contributed by atoms with E-state index in [4.69, 9.17) is 16.7 Å². The molecule has 1 aromatic carbocycles. The smallest absolute Gasteiger partial charge is 0.326 e. The van der Waals surface area contributed by atoms with Crippen molar-refractivity contribution in [1.29, 1.82) is 0 Å². The van der Waals surface area contributed by atoms with Crippen LogP contribution in [0.3, 0.4) is 0 Å². The Labute approximate surface area is 123 Å². The molecule has 4 nitrogen and oxygen atoms in total. The second kappa shape index (κ2) is 5.83. The number of halogens is 1. The van der Waals surface area contributed by atoms with Crippen molar-refractivity contribution in [3.8, 4) is 0 Å². The molecular weight excluding hydrogens is 278 g/mol. The van der Waals surface area contributed by atoms with Gasteiger partial charge in [0.15, 0.2) is 0 Å². The fourth-order valence-corrected chi connectivity index (χ4v) is 2.56. The number of carbonyl (C=O) groups is 2. The summed E-state index contributed by atoms with van der Waals surface area (Å²) in [6.07, 6.45) is 0.747. The number of carboxylic acids is 1. The Bertz CT molecular complexity index is 530. The van der Waals surface area contributed by atoms with Crippen LogP contribution in [-0.2, 0) is 9.59 Å². The molecule has 0 bridgehead atoms. The van der Waals surface area contributed by atoms with Crippen molar-refractivity contribution < 1.29 is 14.7 Å². The number of rotatable bonds is 5. The van der Waals surface area contributed by atoms with E-state index in [9.17, 15) is 9.59 Å². The molecular formula is C15H18ClNO3. The lowest BCUT2D eigenvalue weighted by Gasteiger charge is -2.17. The van der Waals surface area contributed by atoms with Gasteiger partial charge in [-0.3, -0.25) is 4.79 Å². The summed E-state index contributed by atoms with van der Waals surface area (Å²) < 4.78 is 0. The molecule has 2 rings (SSSR count). The third-order valence-electron chi connectivity index (χ3n) is 3.63. The first-order valence-corrected chi connectivity index (χ1v) is 7.06. The predicted octanol–water partition coefficient (Wildman–Crippen LogP) is 2.67. The van der Waals surface area contributed by atoms with Crippen LogP contribution >= 0.6 is 11.6 Å². The van der Waals surface area contributed by atoms with Gasteiger partial charge in [0.2, 0.25) is 5.91 Å². The number of hydrogen-bond donors (Lipinski definition) is 2. The third-order valence-corrected chi connectivity index (χ3v) is 3.87. The molecule has 2 unspecified atom stereocenters. The van der Waals surface area contributed by atoms with Crippen LogP contribution in [0.5, 0.6) is 0 Å². The van der Waals surface area contributed by atoms with Crippen molar-refractivity contribution in [2.45, 2.75) is 32.2 Å². The van der Waals surface area contributed by atoms with Gasteiger partial charge in [-0.1, -0.05) is 37.6 Å². The maximum absolute atomic E-state index is 12.1. The Kier molecular flexibility index (Phi) is 4.33. The number of carboxylic acid groups (broad SMARTS) is 1. The van der Waals surface area contributed by atoms with Gasteiger partial charge in [-0.15, -0.1) is 0 Å². The summed E-state index contributed by atoms with van der Waals surface area (Å²) >= 11 is 5.93. The SMILES string of the molecule is CC(C)[C@@H](NC(=O)C1CC1c1cccc(Cl)c1)C(=O)O. The maximum atomic E-state index is 12.1. The van der Waals surface area contributed by atoms with Gasteiger partial charge >= 0.3 is 5.97 Å². The first-order chi connectivity index (χ1) is 9.40. The Morgan fingerprint density at radius 3 is 2.65 bits per heavy atom. The molecule has 0 heterocycles. The zero-order valence-electron chi connectivity index (χ0n) is 11.5. The third kappa shape index (κ3) is 3.31. The van der Waals surface area contributed by atoms with E-state index in [1.54, 1.807) is 19.9 Å². The molecule has 1 saturated carbocycles. The number of nitrogens with one attached hydrogen (secondary N) is 1. The molecule has 0 saturated heterocycles. The van der Waals surface area contributed by atoms with Gasteiger partial charge < -0.3 is 10.4 Å². The van der Waals surface area contributed by atoms with Crippen molar-refractivity contribution in [2.24, 2.45) is 11.8 Å². The summed E-state index contributed by atoms with van der Waals surface area (Å²) in [5.41, 5.74) is 1.04. The maximum Gasteiger partial charge on any atom is 0.326 e. The highest BCUT2D eigenvalue weighted by atomic mass is 35.5. The molecule has 1 fully saturated rings. The van der Waals surface area contributed by atoms with Crippen molar-refractivity contribution in [3.63, 3.8) is 0 Å². The van der Waals surface area contributed by atoms with Crippen LogP contribution in [-0.4, -0.2) is 23.0 Å². The standard InChI is InChI=1S/C15H18ClNO3/c1-8(2)13(15(19)20)17-14(18)12-7-11(12)9-4-3-5-10(16)6-9/h3-6,8,11-13H,7H2,1-2H3,(H,17,18)(H,19,20)/t11?,12?,13-/m1/s1. The highest BCUT2D eigenvalue weighted by molar-refractivity contribution is 6.30. The minimum absolute atomic E-state index is 0.139. The Hall–Kier alpha value is -1.55. The Balaban J connectivity index is 1.98. The van der Waals surface area contributed by atoms with E-state index in [1.165, 1.54) is 0 Å². The fraction of sp³-hybridized carbons (Fsp3) is 0.467. The van der Waals surface area contributed by atoms with Gasteiger partial charge in [0.1, 0.15) is 6.04 Å². The van der Waals surface area contributed by atoms with E-state index in [0.29, 0.717) is 5.02 Å². The van der Waals surface area contributed by atoms with Crippen LogP contribution in [0.1, 0.15) is 31.7 Å². The highest BCUT2D eigenvalue weighted by Crippen LogP contribution is 2.48. The van der Waals surface area contributed by atoms with Crippen molar-refractivity contribution >= 4 is 23.5 Å². The van der Waals surface area contributed by atoms with Gasteiger partial charge in [0.25, 0.3) is 0 Å². The predicted molar refractivity (Wildman–Crippen MR) is 76.7 cm³/mol. The van der Waals surface area contributed by atoms with Crippen LogP contribution in [0.25, 0.3) is 0 Å². The zero-order chi connectivity index (χ0) is 14.9. The number of hydrogen-bond acceptors (Lipinski definition) is 2. The molecule has 0 aliphatic heterocycles. The molecule has 108 valence electrons. The molecule has 20 heavy (non-hydrogen) atoms. The summed E-state index contributed by atoms with van der Waals surface area (Å²) in [6.45, 7) is 3.56. The molecule has 1 aliphatic carbocycles. The lowest BCUT2D eigenvalue weighted by molar-refractivity contribution is -0.143. The average molecular weight is 296 g/mol. The van der Waals surface area contributed by atoms with Crippen LogP contribution in [0.15, 0.2) is 24.3 Å². The summed E-state index contributed by atoms with van der Waals surface area (Å²) in [5.74, 6) is -1.31. The molecule has 3 atom stereocenters. The van der Waals surface area contributed by atoms with Gasteiger partial charge in [-0.05, 0) is 36.0 Å². The highest BCUT2D eigenvalue weighted by Gasteiger charge is 2.45. The molecule has 0 spiro atoms.